The van der Waals surface area contributed by atoms with Gasteiger partial charge in [0.1, 0.15) is 5.69 Å². The molecule has 0 saturated carbocycles. The normalized spacial score (nSPS) is 13.3. The fraction of sp³-hybridized carbons (Fsp3) is 0.231. The van der Waals surface area contributed by atoms with Crippen molar-refractivity contribution in [1.29, 1.82) is 0 Å². The Morgan fingerprint density at radius 3 is 2.78 bits per heavy atom. The van der Waals surface area contributed by atoms with Gasteiger partial charge in [-0.25, -0.2) is 9.67 Å². The molecule has 0 atom stereocenters. The summed E-state index contributed by atoms with van der Waals surface area (Å²) >= 11 is 0. The molecule has 0 aliphatic carbocycles. The van der Waals surface area contributed by atoms with Crippen molar-refractivity contribution < 1.29 is 4.74 Å². The first-order valence-corrected chi connectivity index (χ1v) is 5.91. The van der Waals surface area contributed by atoms with Crippen LogP contribution in [-0.2, 0) is 6.54 Å². The van der Waals surface area contributed by atoms with E-state index in [2.05, 4.69) is 10.1 Å². The molecule has 2 N–H and O–H groups in total. The summed E-state index contributed by atoms with van der Waals surface area (Å²) in [6.45, 7) is 3.09. The van der Waals surface area contributed by atoms with E-state index in [1.807, 2.05) is 37.3 Å². The highest BCUT2D eigenvalue weighted by molar-refractivity contribution is 6.04. The zero-order valence-corrected chi connectivity index (χ0v) is 10.1. The van der Waals surface area contributed by atoms with Crippen LogP contribution in [0.25, 0.3) is 0 Å². The highest BCUT2D eigenvalue weighted by Gasteiger charge is 2.23. The van der Waals surface area contributed by atoms with E-state index in [1.165, 1.54) is 0 Å². The molecule has 0 bridgehead atoms. The number of nitrogen functional groups attached to an aromatic ring is 1. The molecular formula is C13H14N4O. The first-order valence-electron chi connectivity index (χ1n) is 5.91. The summed E-state index contributed by atoms with van der Waals surface area (Å²) in [5.41, 5.74) is 8.56. The fourth-order valence-corrected chi connectivity index (χ4v) is 2.01. The average molecular weight is 242 g/mol. The van der Waals surface area contributed by atoms with Gasteiger partial charge in [-0.1, -0.05) is 30.3 Å². The van der Waals surface area contributed by atoms with Gasteiger partial charge in [-0.15, -0.1) is 5.10 Å². The molecule has 2 aromatic rings. The standard InChI is InChI=1S/C13H14N4O/c1-2-18-13-11(14)12-15-10(8-17(12)16-13)9-6-4-3-5-7-9/h3-7H,2,8,14H2,1H3. The van der Waals surface area contributed by atoms with E-state index in [0.29, 0.717) is 30.5 Å². The van der Waals surface area contributed by atoms with Gasteiger partial charge in [-0.3, -0.25) is 0 Å². The van der Waals surface area contributed by atoms with E-state index in [9.17, 15) is 0 Å². The molecule has 0 amide bonds. The molecule has 3 rings (SSSR count). The molecule has 2 heterocycles. The molecule has 5 heteroatoms. The molecule has 1 aliphatic heterocycles. The number of aromatic nitrogens is 2. The second-order valence-electron chi connectivity index (χ2n) is 4.06. The van der Waals surface area contributed by atoms with Crippen LogP contribution in [0.5, 0.6) is 5.88 Å². The number of nitrogens with two attached hydrogens (primary N) is 1. The lowest BCUT2D eigenvalue weighted by atomic mass is 10.1. The minimum atomic E-state index is 0.475. The molecule has 18 heavy (non-hydrogen) atoms. The van der Waals surface area contributed by atoms with Crippen molar-refractivity contribution >= 4 is 17.2 Å². The quantitative estimate of drug-likeness (QED) is 0.895. The van der Waals surface area contributed by atoms with Crippen LogP contribution in [0, 0.1) is 0 Å². The predicted octanol–water partition coefficient (Wildman–Crippen LogP) is 2.00. The van der Waals surface area contributed by atoms with Crippen molar-refractivity contribution in [1.82, 2.24) is 9.78 Å². The predicted molar refractivity (Wildman–Crippen MR) is 70.4 cm³/mol. The molecule has 0 saturated heterocycles. The smallest absolute Gasteiger partial charge is 0.258 e. The van der Waals surface area contributed by atoms with E-state index in [1.54, 1.807) is 4.68 Å². The van der Waals surface area contributed by atoms with Crippen LogP contribution in [0.4, 0.5) is 11.5 Å². The maximum absolute atomic E-state index is 5.97. The highest BCUT2D eigenvalue weighted by atomic mass is 16.5. The number of aliphatic imine (C=N–C) groups is 1. The van der Waals surface area contributed by atoms with E-state index >= 15 is 0 Å². The molecule has 0 fully saturated rings. The van der Waals surface area contributed by atoms with Crippen LogP contribution < -0.4 is 10.5 Å². The van der Waals surface area contributed by atoms with Gasteiger partial charge < -0.3 is 10.5 Å². The number of fused-ring (bicyclic) bond motifs is 1. The lowest BCUT2D eigenvalue weighted by Gasteiger charge is -2.01. The van der Waals surface area contributed by atoms with Gasteiger partial charge in [0.2, 0.25) is 0 Å². The number of benzene rings is 1. The van der Waals surface area contributed by atoms with Crippen LogP contribution in [0.3, 0.4) is 0 Å². The highest BCUT2D eigenvalue weighted by Crippen LogP contribution is 2.35. The van der Waals surface area contributed by atoms with Crippen LogP contribution in [0.2, 0.25) is 0 Å². The molecule has 1 aliphatic rings. The summed E-state index contributed by atoms with van der Waals surface area (Å²) in [5, 5.41) is 4.31. The van der Waals surface area contributed by atoms with Crippen LogP contribution in [0.15, 0.2) is 35.3 Å². The maximum Gasteiger partial charge on any atom is 0.258 e. The molecule has 0 radical (unpaired) electrons. The zero-order chi connectivity index (χ0) is 12.5. The van der Waals surface area contributed by atoms with Gasteiger partial charge in [0.15, 0.2) is 5.82 Å². The van der Waals surface area contributed by atoms with Crippen molar-refractivity contribution in [2.75, 3.05) is 12.3 Å². The molecule has 1 aromatic heterocycles. The molecule has 0 spiro atoms. The number of hydrogen-bond acceptors (Lipinski definition) is 4. The SMILES string of the molecule is CCOc1nn2c(c1N)N=C(c1ccccc1)C2. The van der Waals surface area contributed by atoms with Crippen LogP contribution >= 0.6 is 0 Å². The first-order chi connectivity index (χ1) is 8.79. The van der Waals surface area contributed by atoms with Gasteiger partial charge in [0.25, 0.3) is 5.88 Å². The largest absolute Gasteiger partial charge is 0.475 e. The number of nitrogens with zero attached hydrogens (tertiary/aromatic N) is 3. The summed E-state index contributed by atoms with van der Waals surface area (Å²) in [7, 11) is 0. The van der Waals surface area contributed by atoms with Crippen molar-refractivity contribution in [3.63, 3.8) is 0 Å². The third-order valence-corrected chi connectivity index (χ3v) is 2.86. The Morgan fingerprint density at radius 1 is 1.33 bits per heavy atom. The Morgan fingerprint density at radius 2 is 2.11 bits per heavy atom. The monoisotopic (exact) mass is 242 g/mol. The Kier molecular flexibility index (Phi) is 2.51. The summed E-state index contributed by atoms with van der Waals surface area (Å²) in [6.07, 6.45) is 0. The van der Waals surface area contributed by atoms with E-state index in [4.69, 9.17) is 10.5 Å². The maximum atomic E-state index is 5.97. The number of ether oxygens (including phenoxy) is 1. The van der Waals surface area contributed by atoms with Crippen LogP contribution in [0.1, 0.15) is 12.5 Å². The van der Waals surface area contributed by atoms with Gasteiger partial charge in [0, 0.05) is 0 Å². The Bertz CT molecular complexity index is 601. The minimum Gasteiger partial charge on any atom is -0.475 e. The fourth-order valence-electron chi connectivity index (χ4n) is 2.01. The zero-order valence-electron chi connectivity index (χ0n) is 10.1. The Balaban J connectivity index is 1.96. The van der Waals surface area contributed by atoms with Crippen molar-refractivity contribution in [2.45, 2.75) is 13.5 Å². The van der Waals surface area contributed by atoms with Crippen LogP contribution in [-0.4, -0.2) is 22.1 Å². The minimum absolute atomic E-state index is 0.475. The average Bonchev–Trinajstić information content (AvgIpc) is 2.93. The summed E-state index contributed by atoms with van der Waals surface area (Å²) < 4.78 is 7.13. The summed E-state index contributed by atoms with van der Waals surface area (Å²) in [4.78, 5) is 4.54. The van der Waals surface area contributed by atoms with Gasteiger partial charge in [-0.05, 0) is 12.5 Å². The summed E-state index contributed by atoms with van der Waals surface area (Å²) in [6, 6.07) is 10.0. The topological polar surface area (TPSA) is 65.4 Å². The van der Waals surface area contributed by atoms with Crippen molar-refractivity contribution in [3.05, 3.63) is 35.9 Å². The molecule has 5 nitrogen and oxygen atoms in total. The van der Waals surface area contributed by atoms with E-state index < -0.39 is 0 Å². The second kappa shape index (κ2) is 4.18. The van der Waals surface area contributed by atoms with Gasteiger partial charge in [-0.2, -0.15) is 0 Å². The molecular weight excluding hydrogens is 228 g/mol. The van der Waals surface area contributed by atoms with Gasteiger partial charge >= 0.3 is 0 Å². The third kappa shape index (κ3) is 1.64. The van der Waals surface area contributed by atoms with E-state index in [-0.39, 0.29) is 0 Å². The number of rotatable bonds is 3. The van der Waals surface area contributed by atoms with Crippen molar-refractivity contribution in [2.24, 2.45) is 4.99 Å². The molecule has 1 aromatic carbocycles. The Labute approximate surface area is 105 Å². The number of anilines is 1. The second-order valence-corrected chi connectivity index (χ2v) is 4.06. The summed E-state index contributed by atoms with van der Waals surface area (Å²) in [5.74, 6) is 1.17. The Hall–Kier alpha value is -2.30. The van der Waals surface area contributed by atoms with Gasteiger partial charge in [0.05, 0.1) is 18.9 Å². The lowest BCUT2D eigenvalue weighted by molar-refractivity contribution is 0.324. The van der Waals surface area contributed by atoms with Crippen molar-refractivity contribution in [3.8, 4) is 5.88 Å². The molecule has 0 unspecified atom stereocenters. The lowest BCUT2D eigenvalue weighted by Crippen LogP contribution is -2.07. The molecule has 92 valence electrons. The first kappa shape index (κ1) is 10.8. The third-order valence-electron chi connectivity index (χ3n) is 2.86. The number of hydrogen-bond donors (Lipinski definition) is 1. The van der Waals surface area contributed by atoms with E-state index in [0.717, 1.165) is 11.3 Å².